The van der Waals surface area contributed by atoms with E-state index in [2.05, 4.69) is 21.2 Å². The van der Waals surface area contributed by atoms with Crippen molar-refractivity contribution in [3.05, 3.63) is 88.4 Å². The second-order valence-electron chi connectivity index (χ2n) is 11.2. The van der Waals surface area contributed by atoms with Gasteiger partial charge in [0.25, 0.3) is 10.0 Å². The largest absolute Gasteiger partial charge is 0.494 e. The monoisotopic (exact) mass is 683 g/mol. The highest BCUT2D eigenvalue weighted by Crippen LogP contribution is 2.28. The fourth-order valence-electron chi connectivity index (χ4n) is 5.49. The smallest absolute Gasteiger partial charge is 0.264 e. The van der Waals surface area contributed by atoms with Crippen LogP contribution in [0.4, 0.5) is 5.69 Å². The number of anilines is 1. The van der Waals surface area contributed by atoms with Crippen LogP contribution in [0.25, 0.3) is 0 Å². The SMILES string of the molecule is CCOc1ccc(N(CC(=O)N(Cc2ccc(C)cc2)[C@H](CC)C(=O)NC2CCCCC2)S(=O)(=O)c2ccc(Br)cc2)cc1. The number of hydrogen-bond acceptors (Lipinski definition) is 5. The first-order chi connectivity index (χ1) is 21.1. The van der Waals surface area contributed by atoms with Crippen molar-refractivity contribution < 1.29 is 22.7 Å². The third-order valence-electron chi connectivity index (χ3n) is 7.93. The summed E-state index contributed by atoms with van der Waals surface area (Å²) >= 11 is 3.36. The average molecular weight is 685 g/mol. The Morgan fingerprint density at radius 2 is 1.57 bits per heavy atom. The zero-order valence-corrected chi connectivity index (χ0v) is 28.1. The number of carbonyl (C=O) groups excluding carboxylic acids is 2. The standard InChI is InChI=1S/C34H42BrN3O5S/c1-4-32(34(40)36-28-9-7-6-8-10-28)37(23-26-13-11-25(3)12-14-26)33(39)24-38(29-17-19-30(20-18-29)43-5-2)44(41,42)31-21-15-27(35)16-22-31/h11-22,28,32H,4-10,23-24H2,1-3H3,(H,36,40)/t32-/m1/s1. The lowest BCUT2D eigenvalue weighted by molar-refractivity contribution is -0.140. The number of rotatable bonds is 13. The van der Waals surface area contributed by atoms with Gasteiger partial charge in [0, 0.05) is 17.1 Å². The van der Waals surface area contributed by atoms with E-state index in [1.807, 2.05) is 45.0 Å². The molecule has 0 saturated heterocycles. The lowest BCUT2D eigenvalue weighted by Gasteiger charge is -2.34. The van der Waals surface area contributed by atoms with E-state index in [1.165, 1.54) is 17.0 Å². The molecule has 1 atom stereocenters. The molecule has 236 valence electrons. The molecule has 3 aromatic rings. The van der Waals surface area contributed by atoms with Crippen LogP contribution in [0.15, 0.2) is 82.2 Å². The molecule has 1 aliphatic carbocycles. The van der Waals surface area contributed by atoms with Crippen LogP contribution in [-0.2, 0) is 26.2 Å². The van der Waals surface area contributed by atoms with Crippen molar-refractivity contribution in [2.45, 2.75) is 82.8 Å². The summed E-state index contributed by atoms with van der Waals surface area (Å²) in [6.07, 6.45) is 5.53. The van der Waals surface area contributed by atoms with E-state index in [1.54, 1.807) is 36.4 Å². The molecule has 1 N–H and O–H groups in total. The first kappa shape index (κ1) is 33.5. The molecule has 3 aromatic carbocycles. The van der Waals surface area contributed by atoms with Gasteiger partial charge in [0.1, 0.15) is 18.3 Å². The molecular weight excluding hydrogens is 642 g/mol. The Labute approximate surface area is 270 Å². The molecule has 8 nitrogen and oxygen atoms in total. The van der Waals surface area contributed by atoms with Gasteiger partial charge in [-0.3, -0.25) is 13.9 Å². The van der Waals surface area contributed by atoms with Crippen LogP contribution >= 0.6 is 15.9 Å². The zero-order chi connectivity index (χ0) is 31.7. The Morgan fingerprint density at radius 1 is 0.932 bits per heavy atom. The number of hydrogen-bond donors (Lipinski definition) is 1. The van der Waals surface area contributed by atoms with Gasteiger partial charge >= 0.3 is 0 Å². The highest BCUT2D eigenvalue weighted by Gasteiger charge is 2.34. The van der Waals surface area contributed by atoms with Gasteiger partial charge < -0.3 is 15.0 Å². The highest BCUT2D eigenvalue weighted by molar-refractivity contribution is 9.10. The van der Waals surface area contributed by atoms with E-state index >= 15 is 0 Å². The molecule has 2 amide bonds. The zero-order valence-electron chi connectivity index (χ0n) is 25.7. The van der Waals surface area contributed by atoms with Gasteiger partial charge in [-0.05, 0) is 87.2 Å². The topological polar surface area (TPSA) is 96.0 Å². The molecule has 10 heteroatoms. The van der Waals surface area contributed by atoms with Gasteiger partial charge in [-0.25, -0.2) is 8.42 Å². The molecule has 0 heterocycles. The summed E-state index contributed by atoms with van der Waals surface area (Å²) in [4.78, 5) is 29.6. The first-order valence-electron chi connectivity index (χ1n) is 15.3. The van der Waals surface area contributed by atoms with E-state index in [4.69, 9.17) is 4.74 Å². The first-order valence-corrected chi connectivity index (χ1v) is 17.5. The fraction of sp³-hybridized carbons (Fsp3) is 0.412. The van der Waals surface area contributed by atoms with Crippen molar-refractivity contribution in [1.82, 2.24) is 10.2 Å². The lowest BCUT2D eigenvalue weighted by Crippen LogP contribution is -2.54. The van der Waals surface area contributed by atoms with Crippen molar-refractivity contribution in [3.63, 3.8) is 0 Å². The number of carbonyl (C=O) groups is 2. The Hall–Kier alpha value is -3.37. The number of benzene rings is 3. The number of nitrogens with one attached hydrogen (secondary N) is 1. The maximum absolute atomic E-state index is 14.3. The van der Waals surface area contributed by atoms with E-state index in [9.17, 15) is 18.0 Å². The van der Waals surface area contributed by atoms with Crippen LogP contribution in [0.2, 0.25) is 0 Å². The summed E-state index contributed by atoms with van der Waals surface area (Å²) in [5.41, 5.74) is 2.26. The minimum atomic E-state index is -4.15. The summed E-state index contributed by atoms with van der Waals surface area (Å²) in [6.45, 7) is 5.89. The van der Waals surface area contributed by atoms with E-state index in [0.717, 1.165) is 52.0 Å². The summed E-state index contributed by atoms with van der Waals surface area (Å²) in [5, 5.41) is 3.18. The quantitative estimate of drug-likeness (QED) is 0.219. The molecule has 0 bridgehead atoms. The lowest BCUT2D eigenvalue weighted by atomic mass is 9.95. The minimum Gasteiger partial charge on any atom is -0.494 e. The van der Waals surface area contributed by atoms with Crippen LogP contribution in [0, 0.1) is 6.92 Å². The van der Waals surface area contributed by atoms with Crippen LogP contribution in [-0.4, -0.2) is 50.4 Å². The van der Waals surface area contributed by atoms with E-state index in [0.29, 0.717) is 24.5 Å². The number of halogens is 1. The maximum atomic E-state index is 14.3. The van der Waals surface area contributed by atoms with Crippen molar-refractivity contribution in [3.8, 4) is 5.75 Å². The molecule has 4 rings (SSSR count). The van der Waals surface area contributed by atoms with Gasteiger partial charge in [0.05, 0.1) is 17.2 Å². The number of nitrogens with zero attached hydrogens (tertiary/aromatic N) is 2. The number of aryl methyl sites for hydroxylation is 1. The summed E-state index contributed by atoms with van der Waals surface area (Å²) in [7, 11) is -4.15. The number of sulfonamides is 1. The molecule has 1 fully saturated rings. The van der Waals surface area contributed by atoms with Crippen molar-refractivity contribution >= 4 is 43.5 Å². The normalized spacial score (nSPS) is 14.5. The van der Waals surface area contributed by atoms with Crippen LogP contribution in [0.1, 0.15) is 63.5 Å². The van der Waals surface area contributed by atoms with Gasteiger partial charge in [-0.15, -0.1) is 0 Å². The summed E-state index contributed by atoms with van der Waals surface area (Å²) in [6, 6.07) is 20.1. The Morgan fingerprint density at radius 3 is 2.16 bits per heavy atom. The molecule has 44 heavy (non-hydrogen) atoms. The molecule has 0 aliphatic heterocycles. The van der Waals surface area contributed by atoms with Gasteiger partial charge in [0.2, 0.25) is 11.8 Å². The average Bonchev–Trinajstić information content (AvgIpc) is 3.02. The van der Waals surface area contributed by atoms with Crippen molar-refractivity contribution in [1.29, 1.82) is 0 Å². The van der Waals surface area contributed by atoms with Crippen LogP contribution in [0.3, 0.4) is 0 Å². The van der Waals surface area contributed by atoms with E-state index in [-0.39, 0.29) is 23.4 Å². The summed E-state index contributed by atoms with van der Waals surface area (Å²) < 4.78 is 35.6. The van der Waals surface area contributed by atoms with Crippen molar-refractivity contribution in [2.24, 2.45) is 0 Å². The Bertz CT molecular complexity index is 1490. The van der Waals surface area contributed by atoms with Gasteiger partial charge in [0.15, 0.2) is 0 Å². The second-order valence-corrected chi connectivity index (χ2v) is 13.9. The molecule has 0 spiro atoms. The fourth-order valence-corrected chi connectivity index (χ4v) is 7.17. The maximum Gasteiger partial charge on any atom is 0.264 e. The summed E-state index contributed by atoms with van der Waals surface area (Å²) in [5.74, 6) is -0.0796. The van der Waals surface area contributed by atoms with E-state index < -0.39 is 28.5 Å². The predicted molar refractivity (Wildman–Crippen MR) is 177 cm³/mol. The Balaban J connectivity index is 1.70. The third-order valence-corrected chi connectivity index (χ3v) is 10.2. The van der Waals surface area contributed by atoms with Crippen LogP contribution < -0.4 is 14.4 Å². The molecule has 0 aromatic heterocycles. The van der Waals surface area contributed by atoms with Crippen LogP contribution in [0.5, 0.6) is 5.75 Å². The number of amides is 2. The molecule has 0 unspecified atom stereocenters. The molecular formula is C34H42BrN3O5S. The number of ether oxygens (including phenoxy) is 1. The van der Waals surface area contributed by atoms with Crippen molar-refractivity contribution in [2.75, 3.05) is 17.5 Å². The highest BCUT2D eigenvalue weighted by atomic mass is 79.9. The molecule has 1 aliphatic rings. The van der Waals surface area contributed by atoms with Gasteiger partial charge in [-0.2, -0.15) is 0 Å². The predicted octanol–water partition coefficient (Wildman–Crippen LogP) is 6.61. The third kappa shape index (κ3) is 8.63. The van der Waals surface area contributed by atoms with Gasteiger partial charge in [-0.1, -0.05) is 71.9 Å². The Kier molecular flexibility index (Phi) is 11.9. The molecule has 1 saturated carbocycles. The molecule has 0 radical (unpaired) electrons. The minimum absolute atomic E-state index is 0.0505. The second kappa shape index (κ2) is 15.6.